The van der Waals surface area contributed by atoms with E-state index in [4.69, 9.17) is 0 Å². The first-order chi connectivity index (χ1) is 10.6. The molecule has 1 amide bonds. The van der Waals surface area contributed by atoms with Gasteiger partial charge in [0.1, 0.15) is 5.82 Å². The molecule has 1 atom stereocenters. The average molecular weight is 440 g/mol. The highest BCUT2D eigenvalue weighted by Crippen LogP contribution is 2.28. The van der Waals surface area contributed by atoms with E-state index in [0.717, 1.165) is 62.4 Å². The van der Waals surface area contributed by atoms with Gasteiger partial charge in [-0.1, -0.05) is 0 Å². The molecule has 2 aliphatic heterocycles. The number of hydrogen-bond donors (Lipinski definition) is 1. The van der Waals surface area contributed by atoms with Crippen LogP contribution >= 0.6 is 40.7 Å². The molecular weight excluding hydrogens is 415 g/mol. The van der Waals surface area contributed by atoms with Gasteiger partial charge in [0.25, 0.3) is 0 Å². The van der Waals surface area contributed by atoms with Crippen LogP contribution < -0.4 is 10.2 Å². The van der Waals surface area contributed by atoms with Gasteiger partial charge in [0.05, 0.1) is 5.41 Å². The fourth-order valence-corrected chi connectivity index (χ4v) is 3.55. The van der Waals surface area contributed by atoms with Crippen LogP contribution in [0.5, 0.6) is 0 Å². The largest absolute Gasteiger partial charge is 0.353 e. The van der Waals surface area contributed by atoms with Gasteiger partial charge in [0.2, 0.25) is 5.91 Å². The number of carbonyl (C=O) groups excluding carboxylic acids is 1. The summed E-state index contributed by atoms with van der Waals surface area (Å²) in [6, 6.07) is 4.03. The summed E-state index contributed by atoms with van der Waals surface area (Å²) in [5.41, 5.74) is -0.226. The van der Waals surface area contributed by atoms with Crippen molar-refractivity contribution in [1.82, 2.24) is 15.2 Å². The number of halogens is 3. The predicted molar refractivity (Wildman–Crippen MR) is 105 cm³/mol. The van der Waals surface area contributed by atoms with Crippen molar-refractivity contribution < 1.29 is 4.79 Å². The van der Waals surface area contributed by atoms with Crippen LogP contribution in [-0.2, 0) is 4.79 Å². The summed E-state index contributed by atoms with van der Waals surface area (Å²) >= 11 is 3.41. The number of nitrogens with zero attached hydrogens (tertiary/aromatic N) is 3. The molecule has 8 heteroatoms. The Hall–Kier alpha value is -0.560. The Kier molecular flexibility index (Phi) is 8.26. The molecule has 1 unspecified atom stereocenters. The van der Waals surface area contributed by atoms with Crippen LogP contribution in [0.2, 0.25) is 0 Å². The number of rotatable bonds is 2. The number of piperazine rings is 1. The number of amides is 1. The number of nitrogens with one attached hydrogen (secondary N) is 1. The zero-order valence-electron chi connectivity index (χ0n) is 13.8. The lowest BCUT2D eigenvalue weighted by atomic mass is 9.81. The summed E-state index contributed by atoms with van der Waals surface area (Å²) in [5.74, 6) is 1.30. The minimum Gasteiger partial charge on any atom is -0.353 e. The summed E-state index contributed by atoms with van der Waals surface area (Å²) < 4.78 is 0.989. The molecule has 0 spiro atoms. The molecule has 3 heterocycles. The standard InChI is InChI=1S/C16H23BrN4O.2ClH/c1-16(5-2-6-18-12-16)15(22)21-9-7-20(8-10-21)14-4-3-13(17)11-19-14;;/h3-4,11,18H,2,5-10,12H2,1H3;2*1H. The molecule has 1 N–H and O–H groups in total. The third-order valence-electron chi connectivity index (χ3n) is 4.72. The van der Waals surface area contributed by atoms with Crippen LogP contribution in [0.15, 0.2) is 22.8 Å². The van der Waals surface area contributed by atoms with Crippen LogP contribution in [-0.4, -0.2) is 55.1 Å². The van der Waals surface area contributed by atoms with Crippen LogP contribution in [0.25, 0.3) is 0 Å². The van der Waals surface area contributed by atoms with Crippen LogP contribution in [0.1, 0.15) is 19.8 Å². The molecular formula is C16H25BrCl2N4O. The van der Waals surface area contributed by atoms with Crippen molar-refractivity contribution in [2.24, 2.45) is 5.41 Å². The Balaban J connectivity index is 0.00000144. The lowest BCUT2D eigenvalue weighted by Gasteiger charge is -2.41. The molecule has 0 saturated carbocycles. The summed E-state index contributed by atoms with van der Waals surface area (Å²) in [6.45, 7) is 7.21. The van der Waals surface area contributed by atoms with E-state index in [-0.39, 0.29) is 30.2 Å². The van der Waals surface area contributed by atoms with Gasteiger partial charge in [-0.2, -0.15) is 0 Å². The van der Waals surface area contributed by atoms with Gasteiger partial charge in [-0.15, -0.1) is 24.8 Å². The highest BCUT2D eigenvalue weighted by molar-refractivity contribution is 9.10. The molecule has 3 rings (SSSR count). The molecule has 0 radical (unpaired) electrons. The smallest absolute Gasteiger partial charge is 0.229 e. The first kappa shape index (κ1) is 21.5. The fourth-order valence-electron chi connectivity index (χ4n) is 3.31. The number of anilines is 1. The minimum absolute atomic E-state index is 0. The van der Waals surface area contributed by atoms with Gasteiger partial charge >= 0.3 is 0 Å². The molecule has 1 aromatic rings. The maximum Gasteiger partial charge on any atom is 0.229 e. The van der Waals surface area contributed by atoms with Gasteiger partial charge < -0.3 is 15.1 Å². The van der Waals surface area contributed by atoms with E-state index in [1.807, 2.05) is 23.2 Å². The maximum absolute atomic E-state index is 12.8. The average Bonchev–Trinajstić information content (AvgIpc) is 2.56. The first-order valence-electron chi connectivity index (χ1n) is 7.95. The second-order valence-electron chi connectivity index (χ2n) is 6.45. The first-order valence-corrected chi connectivity index (χ1v) is 8.74. The van der Waals surface area contributed by atoms with Crippen molar-refractivity contribution in [2.45, 2.75) is 19.8 Å². The predicted octanol–water partition coefficient (Wildman–Crippen LogP) is 2.73. The van der Waals surface area contributed by atoms with Crippen molar-refractivity contribution >= 4 is 52.5 Å². The Morgan fingerprint density at radius 2 is 1.96 bits per heavy atom. The lowest BCUT2D eigenvalue weighted by molar-refractivity contribution is -0.142. The van der Waals surface area contributed by atoms with Gasteiger partial charge in [-0.3, -0.25) is 4.79 Å². The van der Waals surface area contributed by atoms with Crippen molar-refractivity contribution in [3.8, 4) is 0 Å². The zero-order valence-corrected chi connectivity index (χ0v) is 17.1. The Labute approximate surface area is 164 Å². The van der Waals surface area contributed by atoms with Crippen molar-refractivity contribution in [2.75, 3.05) is 44.2 Å². The maximum atomic E-state index is 12.8. The van der Waals surface area contributed by atoms with Gasteiger partial charge in [-0.05, 0) is 54.4 Å². The van der Waals surface area contributed by atoms with Gasteiger partial charge in [0, 0.05) is 43.4 Å². The molecule has 24 heavy (non-hydrogen) atoms. The van der Waals surface area contributed by atoms with Gasteiger partial charge in [0.15, 0.2) is 0 Å². The zero-order chi connectivity index (χ0) is 15.6. The molecule has 1 aromatic heterocycles. The van der Waals surface area contributed by atoms with E-state index in [1.54, 1.807) is 0 Å². The number of pyridine rings is 1. The number of piperidine rings is 1. The Morgan fingerprint density at radius 3 is 2.50 bits per heavy atom. The lowest BCUT2D eigenvalue weighted by Crippen LogP contribution is -2.56. The van der Waals surface area contributed by atoms with Crippen LogP contribution in [0, 0.1) is 5.41 Å². The van der Waals surface area contributed by atoms with E-state index < -0.39 is 0 Å². The molecule has 136 valence electrons. The highest BCUT2D eigenvalue weighted by atomic mass is 79.9. The fraction of sp³-hybridized carbons (Fsp3) is 0.625. The third kappa shape index (κ3) is 4.75. The third-order valence-corrected chi connectivity index (χ3v) is 5.19. The normalized spacial score (nSPS) is 23.9. The number of carbonyl (C=O) groups is 1. The molecule has 5 nitrogen and oxygen atoms in total. The van der Waals surface area contributed by atoms with Crippen molar-refractivity contribution in [1.29, 1.82) is 0 Å². The van der Waals surface area contributed by atoms with E-state index in [9.17, 15) is 4.79 Å². The SMILES string of the molecule is CC1(C(=O)N2CCN(c3ccc(Br)cn3)CC2)CCCNC1.Cl.Cl. The topological polar surface area (TPSA) is 48.5 Å². The summed E-state index contributed by atoms with van der Waals surface area (Å²) in [6.07, 6.45) is 3.90. The number of aromatic nitrogens is 1. The molecule has 2 fully saturated rings. The summed E-state index contributed by atoms with van der Waals surface area (Å²) in [7, 11) is 0. The second kappa shape index (κ2) is 9.22. The number of hydrogen-bond acceptors (Lipinski definition) is 4. The monoisotopic (exact) mass is 438 g/mol. The Bertz CT molecular complexity index is 529. The quantitative estimate of drug-likeness (QED) is 0.769. The van der Waals surface area contributed by atoms with E-state index in [1.165, 1.54) is 0 Å². The summed E-state index contributed by atoms with van der Waals surface area (Å²) in [4.78, 5) is 21.5. The molecule has 0 aliphatic carbocycles. The van der Waals surface area contributed by atoms with E-state index >= 15 is 0 Å². The van der Waals surface area contributed by atoms with Gasteiger partial charge in [-0.25, -0.2) is 4.98 Å². The van der Waals surface area contributed by atoms with Crippen molar-refractivity contribution in [3.63, 3.8) is 0 Å². The van der Waals surface area contributed by atoms with E-state index in [2.05, 4.69) is 38.1 Å². The molecule has 2 aliphatic rings. The molecule has 0 bridgehead atoms. The van der Waals surface area contributed by atoms with E-state index in [0.29, 0.717) is 5.91 Å². The molecule has 2 saturated heterocycles. The van der Waals surface area contributed by atoms with Crippen LogP contribution in [0.4, 0.5) is 5.82 Å². The van der Waals surface area contributed by atoms with Crippen LogP contribution in [0.3, 0.4) is 0 Å². The molecule has 0 aromatic carbocycles. The Morgan fingerprint density at radius 1 is 1.25 bits per heavy atom. The highest BCUT2D eigenvalue weighted by Gasteiger charge is 2.38. The summed E-state index contributed by atoms with van der Waals surface area (Å²) in [5, 5.41) is 3.36. The van der Waals surface area contributed by atoms with Crippen molar-refractivity contribution in [3.05, 3.63) is 22.8 Å². The minimum atomic E-state index is -0.226. The second-order valence-corrected chi connectivity index (χ2v) is 7.37.